The Kier molecular flexibility index (Phi) is 4.06. The van der Waals surface area contributed by atoms with E-state index in [1.54, 1.807) is 11.6 Å². The van der Waals surface area contributed by atoms with Crippen LogP contribution in [0.3, 0.4) is 0 Å². The van der Waals surface area contributed by atoms with Gasteiger partial charge < -0.3 is 0 Å². The highest BCUT2D eigenvalue weighted by Crippen LogP contribution is 2.10. The van der Waals surface area contributed by atoms with Gasteiger partial charge in [-0.1, -0.05) is 42.2 Å². The van der Waals surface area contributed by atoms with E-state index in [2.05, 4.69) is 16.8 Å². The summed E-state index contributed by atoms with van der Waals surface area (Å²) < 4.78 is 12.6. The van der Waals surface area contributed by atoms with Gasteiger partial charge in [0.25, 0.3) is 0 Å². The Morgan fingerprint density at radius 1 is 1.29 bits per heavy atom. The lowest BCUT2D eigenvalue weighted by molar-refractivity contribution is 0.657. The predicted molar refractivity (Wildman–Crippen MR) is 70.1 cm³/mol. The monoisotopic (exact) mass is 243 g/mol. The Hall–Kier alpha value is -1.92. The third-order valence-electron chi connectivity index (χ3n) is 2.01. The zero-order chi connectivity index (χ0) is 11.9. The highest BCUT2D eigenvalue weighted by atomic mass is 32.1. The van der Waals surface area contributed by atoms with E-state index in [1.165, 1.54) is 6.07 Å². The summed E-state index contributed by atoms with van der Waals surface area (Å²) in [5.41, 5.74) is 1.76. The number of halogens is 1. The number of thiophene rings is 1. The fraction of sp³-hybridized carbons (Fsp3) is 0.0714. The highest BCUT2D eigenvalue weighted by Gasteiger charge is 1.92. The van der Waals surface area contributed by atoms with E-state index in [0.717, 1.165) is 16.9 Å². The highest BCUT2D eigenvalue weighted by molar-refractivity contribution is 7.08. The van der Waals surface area contributed by atoms with Crippen LogP contribution in [-0.4, -0.2) is 12.8 Å². The SMILES string of the molecule is Fc1cc(C#CCN=Cc2ccccc2)cs1. The lowest BCUT2D eigenvalue weighted by Crippen LogP contribution is -1.81. The average molecular weight is 243 g/mol. The normalized spacial score (nSPS) is 10.2. The molecule has 3 heteroatoms. The lowest BCUT2D eigenvalue weighted by atomic mass is 10.2. The second-order valence-corrected chi connectivity index (χ2v) is 4.18. The van der Waals surface area contributed by atoms with Crippen LogP contribution in [0.2, 0.25) is 0 Å². The minimum atomic E-state index is -0.206. The summed E-state index contributed by atoms with van der Waals surface area (Å²) in [4.78, 5) is 4.17. The average Bonchev–Trinajstić information content (AvgIpc) is 2.76. The van der Waals surface area contributed by atoms with Crippen molar-refractivity contribution in [2.24, 2.45) is 4.99 Å². The second-order valence-electron chi connectivity index (χ2n) is 3.32. The van der Waals surface area contributed by atoms with Gasteiger partial charge in [0.2, 0.25) is 0 Å². The van der Waals surface area contributed by atoms with E-state index < -0.39 is 0 Å². The fourth-order valence-corrected chi connectivity index (χ4v) is 1.81. The summed E-state index contributed by atoms with van der Waals surface area (Å²) in [6.07, 6.45) is 1.78. The van der Waals surface area contributed by atoms with Crippen molar-refractivity contribution in [3.63, 3.8) is 0 Å². The van der Waals surface area contributed by atoms with E-state index in [0.29, 0.717) is 12.1 Å². The van der Waals surface area contributed by atoms with E-state index in [4.69, 9.17) is 0 Å². The van der Waals surface area contributed by atoms with Gasteiger partial charge in [-0.05, 0) is 5.56 Å². The lowest BCUT2D eigenvalue weighted by Gasteiger charge is -1.88. The molecule has 0 atom stereocenters. The topological polar surface area (TPSA) is 12.4 Å². The largest absolute Gasteiger partial charge is 0.280 e. The summed E-state index contributed by atoms with van der Waals surface area (Å²) in [5, 5.41) is 1.49. The standard InChI is InChI=1S/C14H10FNS/c15-14-9-13(11-17-14)7-4-8-16-10-12-5-2-1-3-6-12/h1-3,5-6,9-11H,8H2. The van der Waals surface area contributed by atoms with Crippen molar-refractivity contribution >= 4 is 17.6 Å². The first-order valence-corrected chi connectivity index (χ1v) is 6.00. The number of hydrogen-bond acceptors (Lipinski definition) is 2. The molecule has 0 bridgehead atoms. The molecule has 1 aromatic carbocycles. The first-order valence-electron chi connectivity index (χ1n) is 5.12. The molecule has 0 aliphatic carbocycles. The quantitative estimate of drug-likeness (QED) is 0.566. The van der Waals surface area contributed by atoms with Crippen molar-refractivity contribution in [2.45, 2.75) is 0 Å². The van der Waals surface area contributed by atoms with Crippen molar-refractivity contribution < 1.29 is 4.39 Å². The van der Waals surface area contributed by atoms with Gasteiger partial charge in [-0.3, -0.25) is 4.99 Å². The summed E-state index contributed by atoms with van der Waals surface area (Å²) in [6, 6.07) is 11.3. The molecule has 1 nitrogen and oxygen atoms in total. The van der Waals surface area contributed by atoms with Gasteiger partial charge in [-0.15, -0.1) is 11.3 Å². The van der Waals surface area contributed by atoms with Crippen molar-refractivity contribution in [2.75, 3.05) is 6.54 Å². The Morgan fingerprint density at radius 3 is 2.82 bits per heavy atom. The van der Waals surface area contributed by atoms with Crippen LogP contribution in [-0.2, 0) is 0 Å². The molecule has 0 aliphatic heterocycles. The number of rotatable bonds is 2. The van der Waals surface area contributed by atoms with Gasteiger partial charge in [0.15, 0.2) is 5.13 Å². The van der Waals surface area contributed by atoms with E-state index >= 15 is 0 Å². The Balaban J connectivity index is 1.88. The van der Waals surface area contributed by atoms with Crippen molar-refractivity contribution in [1.82, 2.24) is 0 Å². The predicted octanol–water partition coefficient (Wildman–Crippen LogP) is 3.36. The summed E-state index contributed by atoms with van der Waals surface area (Å²) >= 11 is 1.06. The van der Waals surface area contributed by atoms with Crippen LogP contribution in [0.25, 0.3) is 0 Å². The summed E-state index contributed by atoms with van der Waals surface area (Å²) in [5.74, 6) is 5.74. The van der Waals surface area contributed by atoms with Gasteiger partial charge in [0.1, 0.15) is 6.54 Å². The van der Waals surface area contributed by atoms with Crippen molar-refractivity contribution in [1.29, 1.82) is 0 Å². The van der Waals surface area contributed by atoms with E-state index in [9.17, 15) is 4.39 Å². The molecule has 0 N–H and O–H groups in total. The zero-order valence-corrected chi connectivity index (χ0v) is 9.88. The molecule has 2 rings (SSSR count). The van der Waals surface area contributed by atoms with Crippen LogP contribution < -0.4 is 0 Å². The molecule has 0 spiro atoms. The van der Waals surface area contributed by atoms with Gasteiger partial charge >= 0.3 is 0 Å². The molecule has 84 valence electrons. The molecule has 0 amide bonds. The molecule has 0 saturated carbocycles. The Labute approximate surface area is 104 Å². The minimum Gasteiger partial charge on any atom is -0.280 e. The maximum atomic E-state index is 12.6. The number of nitrogens with zero attached hydrogens (tertiary/aromatic N) is 1. The molecule has 0 radical (unpaired) electrons. The van der Waals surface area contributed by atoms with Gasteiger partial charge in [-0.2, -0.15) is 4.39 Å². The summed E-state index contributed by atoms with van der Waals surface area (Å²) in [6.45, 7) is 0.423. The van der Waals surface area contributed by atoms with Gasteiger partial charge in [0.05, 0.1) is 0 Å². The van der Waals surface area contributed by atoms with Crippen molar-refractivity contribution in [3.8, 4) is 11.8 Å². The first kappa shape index (κ1) is 11.6. The number of hydrogen-bond donors (Lipinski definition) is 0. The second kappa shape index (κ2) is 5.97. The molecule has 17 heavy (non-hydrogen) atoms. The van der Waals surface area contributed by atoms with Crippen LogP contribution in [0.5, 0.6) is 0 Å². The molecule has 0 saturated heterocycles. The van der Waals surface area contributed by atoms with Crippen molar-refractivity contribution in [3.05, 3.63) is 58.0 Å². The molecule has 1 aromatic heterocycles. The van der Waals surface area contributed by atoms with Gasteiger partial charge in [-0.25, -0.2) is 0 Å². The van der Waals surface area contributed by atoms with E-state index in [-0.39, 0.29) is 5.13 Å². The number of benzene rings is 1. The summed E-state index contributed by atoms with van der Waals surface area (Å²) in [7, 11) is 0. The molecule has 2 aromatic rings. The van der Waals surface area contributed by atoms with E-state index in [1.807, 2.05) is 30.3 Å². The first-order chi connectivity index (χ1) is 8.34. The fourth-order valence-electron chi connectivity index (χ4n) is 1.25. The van der Waals surface area contributed by atoms with Crippen LogP contribution in [0.15, 0.2) is 46.8 Å². The smallest absolute Gasteiger partial charge is 0.177 e. The third-order valence-corrected chi connectivity index (χ3v) is 2.73. The maximum Gasteiger partial charge on any atom is 0.177 e. The molecule has 0 aliphatic rings. The molecule has 0 unspecified atom stereocenters. The Morgan fingerprint density at radius 2 is 2.12 bits per heavy atom. The van der Waals surface area contributed by atoms with Crippen LogP contribution in [0.1, 0.15) is 11.1 Å². The molecule has 1 heterocycles. The third kappa shape index (κ3) is 3.86. The minimum absolute atomic E-state index is 0.206. The molecular weight excluding hydrogens is 233 g/mol. The maximum absolute atomic E-state index is 12.6. The van der Waals surface area contributed by atoms with Crippen LogP contribution in [0.4, 0.5) is 4.39 Å². The molecular formula is C14H10FNS. The van der Waals surface area contributed by atoms with Gasteiger partial charge in [0, 0.05) is 23.2 Å². The Bertz CT molecular complexity index is 561. The van der Waals surface area contributed by atoms with Crippen LogP contribution in [0, 0.1) is 17.0 Å². The number of aliphatic imine (C=N–C) groups is 1. The zero-order valence-electron chi connectivity index (χ0n) is 9.06. The molecule has 0 fully saturated rings. The van der Waals surface area contributed by atoms with Crippen LogP contribution >= 0.6 is 11.3 Å².